The van der Waals surface area contributed by atoms with Crippen LogP contribution in [0.2, 0.25) is 0 Å². The van der Waals surface area contributed by atoms with Gasteiger partial charge in [0, 0.05) is 27.7 Å². The summed E-state index contributed by atoms with van der Waals surface area (Å²) < 4.78 is 17.8. The van der Waals surface area contributed by atoms with Gasteiger partial charge in [-0.3, -0.25) is 0 Å². The monoisotopic (exact) mass is 1180 g/mol. The molecule has 0 saturated carbocycles. The van der Waals surface area contributed by atoms with Gasteiger partial charge in [0.1, 0.15) is 0 Å². The molecule has 5 aromatic heterocycles. The number of pyridine rings is 1. The third kappa shape index (κ3) is 7.47. The standard InChI is InChI=1S/C70H57N5O.Pt/c1-43-32-33-71-66(34-43)74-62-39-50(30-31-54(62)57-40-58-56-24-17-23-55-53-20-12-13-25-59(53)75(68(55)56)64(58)41-63(57)74)76-65-38-49(29-28-44(65)2)72-42-73(61-27-15-14-26-60(61)72)67-51(45-18-10-9-11-19-45)21-16-22-52(67)46-35-47(69(3,4)5)37-48(36-46)70(6,7)8;/h9-41H,1-8H3;. The molecule has 14 rings (SSSR count). The van der Waals surface area contributed by atoms with Gasteiger partial charge in [-0.15, -0.1) is 0 Å². The van der Waals surface area contributed by atoms with E-state index in [9.17, 15) is 0 Å². The van der Waals surface area contributed by atoms with Crippen molar-refractivity contribution in [2.24, 2.45) is 0 Å². The van der Waals surface area contributed by atoms with Crippen LogP contribution in [0.3, 0.4) is 0 Å². The number of hydrogen-bond acceptors (Lipinski definition) is 2. The van der Waals surface area contributed by atoms with Gasteiger partial charge in [0.25, 0.3) is 0 Å². The molecule has 77 heavy (non-hydrogen) atoms. The number of para-hydroxylation sites is 5. The molecule has 378 valence electrons. The molecular weight excluding hydrogens is 1120 g/mol. The van der Waals surface area contributed by atoms with Crippen molar-refractivity contribution >= 4 is 70.9 Å². The summed E-state index contributed by atoms with van der Waals surface area (Å²) in [7, 11) is 0. The SMILES string of the molecule is Cc1ccnc(-n2c3cc(Oc4cc(-n5[c](=[Pt])n(-c6c(-c7ccccc7)cccc6-c6cc(C(C)(C)C)cc(C(C)(C)C)c6)c6ccccc65)ccc4C)ccc3c3cc4c5cccc6c7ccccc7n(c4cc32)c65)c1. The average molecular weight is 1180 g/mol. The van der Waals surface area contributed by atoms with Crippen LogP contribution in [0, 0.1) is 17.7 Å². The molecule has 0 radical (unpaired) electrons. The predicted molar refractivity (Wildman–Crippen MR) is 317 cm³/mol. The van der Waals surface area contributed by atoms with Crippen LogP contribution in [0.15, 0.2) is 200 Å². The summed E-state index contributed by atoms with van der Waals surface area (Å²) in [5, 5.41) is 7.37. The summed E-state index contributed by atoms with van der Waals surface area (Å²) in [5.74, 6) is 2.41. The van der Waals surface area contributed by atoms with E-state index in [0.29, 0.717) is 0 Å². The fourth-order valence-corrected chi connectivity index (χ4v) is 13.0. The van der Waals surface area contributed by atoms with Crippen LogP contribution in [0.5, 0.6) is 11.5 Å². The maximum absolute atomic E-state index is 7.11. The number of aromatic nitrogens is 5. The molecule has 7 heteroatoms. The molecule has 0 aliphatic heterocycles. The zero-order chi connectivity index (χ0) is 52.6. The fraction of sp³-hybridized carbons (Fsp3) is 0.143. The Hall–Kier alpha value is -8.31. The molecular formula is C70H57N5OPt. The van der Waals surface area contributed by atoms with Gasteiger partial charge in [-0.2, -0.15) is 0 Å². The minimum Gasteiger partial charge on any atom is 0.0620 e. The van der Waals surface area contributed by atoms with Crippen LogP contribution in [-0.2, 0) is 30.2 Å². The molecule has 0 bridgehead atoms. The molecule has 9 aromatic carbocycles. The van der Waals surface area contributed by atoms with E-state index in [1.54, 1.807) is 0 Å². The van der Waals surface area contributed by atoms with E-state index in [-0.39, 0.29) is 10.8 Å². The Bertz CT molecular complexity index is 4750. The Balaban J connectivity index is 0.938. The van der Waals surface area contributed by atoms with E-state index in [1.165, 1.54) is 76.9 Å². The van der Waals surface area contributed by atoms with Gasteiger partial charge in [0.05, 0.1) is 16.6 Å². The van der Waals surface area contributed by atoms with Crippen LogP contribution in [0.1, 0.15) is 63.8 Å². The number of nitrogens with zero attached hydrogens (tertiary/aromatic N) is 5. The van der Waals surface area contributed by atoms with Crippen molar-refractivity contribution in [3.05, 3.63) is 226 Å². The predicted octanol–water partition coefficient (Wildman–Crippen LogP) is 18.5. The van der Waals surface area contributed by atoms with Gasteiger partial charge in [0.2, 0.25) is 0 Å². The summed E-state index contributed by atoms with van der Waals surface area (Å²) in [6.07, 6.45) is 1.91. The summed E-state index contributed by atoms with van der Waals surface area (Å²) in [6.45, 7) is 18.2. The van der Waals surface area contributed by atoms with Crippen LogP contribution in [0.4, 0.5) is 0 Å². The van der Waals surface area contributed by atoms with E-state index in [4.69, 9.17) is 9.72 Å². The number of imidazole rings is 1. The van der Waals surface area contributed by atoms with Crippen LogP contribution >= 0.6 is 0 Å². The molecule has 0 N–H and O–H groups in total. The van der Waals surface area contributed by atoms with Crippen molar-refractivity contribution in [3.63, 3.8) is 0 Å². The molecule has 0 amide bonds. The van der Waals surface area contributed by atoms with Crippen molar-refractivity contribution in [1.29, 1.82) is 0 Å². The van der Waals surface area contributed by atoms with Crippen molar-refractivity contribution in [2.45, 2.75) is 66.2 Å². The topological polar surface area (TPSA) is 41.3 Å². The van der Waals surface area contributed by atoms with Gasteiger partial charge in [-0.1, -0.05) is 36.4 Å². The Morgan fingerprint density at radius 1 is 0.442 bits per heavy atom. The zero-order valence-electron chi connectivity index (χ0n) is 44.5. The first-order chi connectivity index (χ1) is 37.2. The Morgan fingerprint density at radius 2 is 1.05 bits per heavy atom. The second-order valence-electron chi connectivity index (χ2n) is 23.0. The molecule has 6 nitrogen and oxygen atoms in total. The van der Waals surface area contributed by atoms with Crippen LogP contribution in [0.25, 0.3) is 110 Å². The molecule has 0 atom stereocenters. The van der Waals surface area contributed by atoms with E-state index < -0.39 is 0 Å². The van der Waals surface area contributed by atoms with Crippen molar-refractivity contribution in [2.75, 3.05) is 0 Å². The first kappa shape index (κ1) is 47.2. The second-order valence-corrected chi connectivity index (χ2v) is 24.0. The third-order valence-electron chi connectivity index (χ3n) is 15.9. The number of ether oxygens (including phenoxy) is 1. The van der Waals surface area contributed by atoms with Gasteiger partial charge < -0.3 is 4.40 Å². The quantitative estimate of drug-likeness (QED) is 0.160. The van der Waals surface area contributed by atoms with E-state index in [0.717, 1.165) is 71.1 Å². The molecule has 14 aromatic rings. The zero-order valence-corrected chi connectivity index (χ0v) is 46.8. The minimum absolute atomic E-state index is 0.0430. The minimum atomic E-state index is -0.0430. The normalized spacial score (nSPS) is 12.5. The number of fused-ring (bicyclic) bond motifs is 10. The summed E-state index contributed by atoms with van der Waals surface area (Å²) in [6, 6.07) is 71.3. The molecule has 0 saturated heterocycles. The number of rotatable bonds is 7. The first-order valence-electron chi connectivity index (χ1n) is 26.6. The molecule has 0 spiro atoms. The maximum atomic E-state index is 7.11. The van der Waals surface area contributed by atoms with Crippen molar-refractivity contribution in [1.82, 2.24) is 23.1 Å². The molecule has 0 aliphatic rings. The Labute approximate surface area is 458 Å². The Kier molecular flexibility index (Phi) is 10.6. The van der Waals surface area contributed by atoms with Gasteiger partial charge >= 0.3 is 352 Å². The molecule has 0 unspecified atom stereocenters. The van der Waals surface area contributed by atoms with Gasteiger partial charge in [0.15, 0.2) is 0 Å². The second kappa shape index (κ2) is 17.4. The number of benzene rings is 9. The first-order valence-corrected chi connectivity index (χ1v) is 27.7. The Morgan fingerprint density at radius 3 is 1.78 bits per heavy atom. The number of aryl methyl sites for hydroxylation is 2. The fourth-order valence-electron chi connectivity index (χ4n) is 11.9. The third-order valence-corrected chi connectivity index (χ3v) is 16.9. The smallest absolute Gasteiger partial charge is 0.0620 e. The van der Waals surface area contributed by atoms with Gasteiger partial charge in [-0.05, 0) is 24.6 Å². The van der Waals surface area contributed by atoms with Gasteiger partial charge in [-0.25, -0.2) is 0 Å². The average Bonchev–Trinajstić information content (AvgIpc) is 4.33. The van der Waals surface area contributed by atoms with Crippen molar-refractivity contribution < 1.29 is 24.1 Å². The molecule has 0 fully saturated rings. The summed E-state index contributed by atoms with van der Waals surface area (Å²) >= 11 is 2.55. The van der Waals surface area contributed by atoms with Crippen LogP contribution < -0.4 is 4.74 Å². The van der Waals surface area contributed by atoms with E-state index in [2.05, 4.69) is 287 Å². The van der Waals surface area contributed by atoms with Crippen LogP contribution in [-0.4, -0.2) is 23.1 Å². The number of hydrogen-bond donors (Lipinski definition) is 0. The summed E-state index contributed by atoms with van der Waals surface area (Å²) in [4.78, 5) is 5.01. The molecule has 5 heterocycles. The molecule has 0 aliphatic carbocycles. The van der Waals surface area contributed by atoms with E-state index >= 15 is 0 Å². The summed E-state index contributed by atoms with van der Waals surface area (Å²) in [5.41, 5.74) is 19.6. The van der Waals surface area contributed by atoms with Crippen molar-refractivity contribution in [3.8, 4) is 50.9 Å². The van der Waals surface area contributed by atoms with E-state index in [1.807, 2.05) is 6.20 Å².